The minimum Gasteiger partial charge on any atom is -0.327 e. The number of hydrogen-bond acceptors (Lipinski definition) is 2. The SMILES string of the molecule is CC(C)(C)c1ccccc1NC(=O)C1C2CCC(C2)C1N.Cl. The average Bonchev–Trinajstić information content (AvgIpc) is 2.98. The van der Waals surface area contributed by atoms with Crippen LogP contribution in [0.5, 0.6) is 0 Å². The largest absolute Gasteiger partial charge is 0.327 e. The number of hydrogen-bond donors (Lipinski definition) is 2. The van der Waals surface area contributed by atoms with Gasteiger partial charge in [-0.1, -0.05) is 39.0 Å². The number of anilines is 1. The van der Waals surface area contributed by atoms with Crippen LogP contribution in [0.15, 0.2) is 24.3 Å². The Hall–Kier alpha value is -1.06. The molecule has 2 saturated carbocycles. The molecule has 0 saturated heterocycles. The van der Waals surface area contributed by atoms with Crippen molar-refractivity contribution < 1.29 is 4.79 Å². The topological polar surface area (TPSA) is 55.1 Å². The number of halogens is 1. The van der Waals surface area contributed by atoms with E-state index in [0.717, 1.165) is 18.5 Å². The van der Waals surface area contributed by atoms with Gasteiger partial charge in [-0.3, -0.25) is 4.79 Å². The Balaban J connectivity index is 0.00000176. The van der Waals surface area contributed by atoms with E-state index in [1.807, 2.05) is 18.2 Å². The standard InChI is InChI=1S/C18H26N2O.ClH/c1-18(2,3)13-6-4-5-7-14(13)20-17(21)15-11-8-9-12(10-11)16(15)19;/h4-7,11-12,15-16H,8-10,19H2,1-3H3,(H,20,21);1H. The molecule has 4 unspecified atom stereocenters. The van der Waals surface area contributed by atoms with Crippen LogP contribution in [0.4, 0.5) is 5.69 Å². The van der Waals surface area contributed by atoms with E-state index in [2.05, 4.69) is 32.2 Å². The van der Waals surface area contributed by atoms with Gasteiger partial charge >= 0.3 is 0 Å². The fraction of sp³-hybridized carbons (Fsp3) is 0.611. The fourth-order valence-electron chi connectivity index (χ4n) is 4.19. The summed E-state index contributed by atoms with van der Waals surface area (Å²) in [5.74, 6) is 1.17. The first-order valence-corrected chi connectivity index (χ1v) is 8.04. The summed E-state index contributed by atoms with van der Waals surface area (Å²) >= 11 is 0. The minimum atomic E-state index is -0.00299. The molecule has 122 valence electrons. The third-order valence-electron chi connectivity index (χ3n) is 5.28. The summed E-state index contributed by atoms with van der Waals surface area (Å²) in [6.07, 6.45) is 3.51. The number of benzene rings is 1. The molecule has 4 atom stereocenters. The van der Waals surface area contributed by atoms with Crippen LogP contribution in [0, 0.1) is 17.8 Å². The lowest BCUT2D eigenvalue weighted by Gasteiger charge is -2.28. The smallest absolute Gasteiger partial charge is 0.229 e. The highest BCUT2D eigenvalue weighted by Crippen LogP contribution is 2.48. The molecule has 2 aliphatic rings. The maximum Gasteiger partial charge on any atom is 0.229 e. The van der Waals surface area contributed by atoms with Crippen LogP contribution in [0.25, 0.3) is 0 Å². The van der Waals surface area contributed by atoms with Crippen LogP contribution in [-0.2, 0) is 10.2 Å². The number of carbonyl (C=O) groups excluding carboxylic acids is 1. The molecule has 2 bridgehead atoms. The molecule has 1 amide bonds. The summed E-state index contributed by atoms with van der Waals surface area (Å²) in [6, 6.07) is 8.14. The molecule has 22 heavy (non-hydrogen) atoms. The van der Waals surface area contributed by atoms with Gasteiger partial charge in [-0.25, -0.2) is 0 Å². The van der Waals surface area contributed by atoms with E-state index in [1.54, 1.807) is 0 Å². The molecule has 0 spiro atoms. The van der Waals surface area contributed by atoms with Crippen molar-refractivity contribution in [1.29, 1.82) is 0 Å². The maximum atomic E-state index is 12.7. The molecule has 1 aromatic carbocycles. The zero-order valence-corrected chi connectivity index (χ0v) is 14.5. The summed E-state index contributed by atoms with van der Waals surface area (Å²) in [4.78, 5) is 12.7. The summed E-state index contributed by atoms with van der Waals surface area (Å²) < 4.78 is 0. The molecule has 1 aromatic rings. The van der Waals surface area contributed by atoms with Crippen LogP contribution in [0.2, 0.25) is 0 Å². The monoisotopic (exact) mass is 322 g/mol. The molecule has 0 aliphatic heterocycles. The summed E-state index contributed by atoms with van der Waals surface area (Å²) in [7, 11) is 0. The Labute approximate surface area is 139 Å². The summed E-state index contributed by atoms with van der Waals surface area (Å²) in [5, 5.41) is 3.16. The molecule has 0 heterocycles. The number of rotatable bonds is 2. The van der Waals surface area contributed by atoms with Gasteiger partial charge in [0.25, 0.3) is 0 Å². The average molecular weight is 323 g/mol. The van der Waals surface area contributed by atoms with E-state index in [0.29, 0.717) is 11.8 Å². The van der Waals surface area contributed by atoms with Crippen molar-refractivity contribution in [2.75, 3.05) is 5.32 Å². The van der Waals surface area contributed by atoms with Gasteiger partial charge in [0.2, 0.25) is 5.91 Å². The van der Waals surface area contributed by atoms with E-state index >= 15 is 0 Å². The molecule has 3 rings (SSSR count). The van der Waals surface area contributed by atoms with Crippen LogP contribution in [-0.4, -0.2) is 11.9 Å². The highest BCUT2D eigenvalue weighted by molar-refractivity contribution is 5.94. The van der Waals surface area contributed by atoms with E-state index < -0.39 is 0 Å². The lowest BCUT2D eigenvalue weighted by atomic mass is 9.83. The molecular weight excluding hydrogens is 296 g/mol. The normalized spacial score (nSPS) is 30.0. The zero-order valence-electron chi connectivity index (χ0n) is 13.6. The van der Waals surface area contributed by atoms with Gasteiger partial charge in [-0.2, -0.15) is 0 Å². The predicted molar refractivity (Wildman–Crippen MR) is 93.3 cm³/mol. The molecule has 2 aliphatic carbocycles. The number of amides is 1. The van der Waals surface area contributed by atoms with Gasteiger partial charge in [-0.05, 0) is 48.1 Å². The van der Waals surface area contributed by atoms with Crippen LogP contribution >= 0.6 is 12.4 Å². The predicted octanol–water partition coefficient (Wildman–Crippen LogP) is 3.72. The van der Waals surface area contributed by atoms with E-state index in [-0.39, 0.29) is 35.7 Å². The second-order valence-electron chi connectivity index (χ2n) is 7.72. The molecule has 3 nitrogen and oxygen atoms in total. The lowest BCUT2D eigenvalue weighted by Crippen LogP contribution is -2.42. The Kier molecular flexibility index (Phi) is 4.88. The van der Waals surface area contributed by atoms with Crippen molar-refractivity contribution in [3.05, 3.63) is 29.8 Å². The molecule has 3 N–H and O–H groups in total. The first kappa shape index (κ1) is 17.3. The van der Waals surface area contributed by atoms with E-state index in [9.17, 15) is 4.79 Å². The first-order valence-electron chi connectivity index (χ1n) is 8.04. The van der Waals surface area contributed by atoms with Gasteiger partial charge in [0.05, 0.1) is 5.92 Å². The Morgan fingerprint density at radius 1 is 1.18 bits per heavy atom. The van der Waals surface area contributed by atoms with Gasteiger partial charge in [-0.15, -0.1) is 12.4 Å². The van der Waals surface area contributed by atoms with Crippen molar-refractivity contribution in [3.63, 3.8) is 0 Å². The molecule has 2 fully saturated rings. The Morgan fingerprint density at radius 2 is 1.82 bits per heavy atom. The number of nitrogens with two attached hydrogens (primary N) is 1. The van der Waals surface area contributed by atoms with Crippen LogP contribution < -0.4 is 11.1 Å². The second-order valence-corrected chi connectivity index (χ2v) is 7.72. The highest BCUT2D eigenvalue weighted by Gasteiger charge is 2.49. The lowest BCUT2D eigenvalue weighted by molar-refractivity contribution is -0.121. The van der Waals surface area contributed by atoms with E-state index in [1.165, 1.54) is 12.0 Å². The third kappa shape index (κ3) is 3.02. The highest BCUT2D eigenvalue weighted by atomic mass is 35.5. The first-order chi connectivity index (χ1) is 9.88. The van der Waals surface area contributed by atoms with Crippen molar-refractivity contribution >= 4 is 24.0 Å². The fourth-order valence-corrected chi connectivity index (χ4v) is 4.19. The summed E-state index contributed by atoms with van der Waals surface area (Å²) in [5.41, 5.74) is 8.41. The van der Waals surface area contributed by atoms with Gasteiger partial charge in [0.15, 0.2) is 0 Å². The van der Waals surface area contributed by atoms with Gasteiger partial charge in [0, 0.05) is 11.7 Å². The van der Waals surface area contributed by atoms with E-state index in [4.69, 9.17) is 5.73 Å². The van der Waals surface area contributed by atoms with Gasteiger partial charge in [0.1, 0.15) is 0 Å². The number of carbonyl (C=O) groups is 1. The molecular formula is C18H27ClN2O. The maximum absolute atomic E-state index is 12.7. The Morgan fingerprint density at radius 3 is 2.41 bits per heavy atom. The minimum absolute atomic E-state index is 0. The zero-order chi connectivity index (χ0) is 15.2. The Bertz CT molecular complexity index is 550. The molecule has 0 radical (unpaired) electrons. The number of fused-ring (bicyclic) bond motifs is 2. The molecule has 4 heteroatoms. The van der Waals surface area contributed by atoms with Crippen molar-refractivity contribution in [1.82, 2.24) is 0 Å². The van der Waals surface area contributed by atoms with Crippen LogP contribution in [0.1, 0.15) is 45.6 Å². The van der Waals surface area contributed by atoms with Crippen molar-refractivity contribution in [2.45, 2.75) is 51.5 Å². The third-order valence-corrected chi connectivity index (χ3v) is 5.28. The number of para-hydroxylation sites is 1. The summed E-state index contributed by atoms with van der Waals surface area (Å²) in [6.45, 7) is 6.50. The van der Waals surface area contributed by atoms with Crippen LogP contribution in [0.3, 0.4) is 0 Å². The quantitative estimate of drug-likeness (QED) is 0.872. The van der Waals surface area contributed by atoms with Gasteiger partial charge < -0.3 is 11.1 Å². The second kappa shape index (κ2) is 6.21. The number of nitrogens with one attached hydrogen (secondary N) is 1. The van der Waals surface area contributed by atoms with Crippen molar-refractivity contribution in [2.24, 2.45) is 23.5 Å². The molecule has 0 aromatic heterocycles. The van der Waals surface area contributed by atoms with Crippen molar-refractivity contribution in [3.8, 4) is 0 Å².